The Kier molecular flexibility index (Phi) is 5.12. The van der Waals surface area contributed by atoms with Crippen molar-refractivity contribution < 1.29 is 22.7 Å². The Balaban J connectivity index is 2.05. The fourth-order valence-corrected chi connectivity index (χ4v) is 3.33. The molecule has 1 aromatic heterocycles. The zero-order valence-electron chi connectivity index (χ0n) is 13.3. The number of carboxylic acids is 1. The van der Waals surface area contributed by atoms with Crippen molar-refractivity contribution in [2.75, 3.05) is 5.75 Å². The third kappa shape index (κ3) is 4.13. The van der Waals surface area contributed by atoms with Gasteiger partial charge in [0.25, 0.3) is 5.22 Å². The number of carboxylic acid groups (broad SMARTS) is 1. The number of thioether (sulfide) groups is 1. The summed E-state index contributed by atoms with van der Waals surface area (Å²) in [5.41, 5.74) is 1.94. The highest BCUT2D eigenvalue weighted by Gasteiger charge is 2.18. The standard InChI is InChI=1S/C17H14N2O5S2/c18-26(22,23)13-8-6-12(7-9-13)16-15(11-4-2-1-3-5-11)19-17(24-16)25-10-14(20)21/h1-9H,10H2,(H,20,21)(H2,18,22,23). The first-order valence-electron chi connectivity index (χ1n) is 7.38. The van der Waals surface area contributed by atoms with Gasteiger partial charge in [0, 0.05) is 11.1 Å². The van der Waals surface area contributed by atoms with Gasteiger partial charge in [-0.15, -0.1) is 0 Å². The van der Waals surface area contributed by atoms with Crippen LogP contribution in [-0.2, 0) is 14.8 Å². The van der Waals surface area contributed by atoms with Crippen LogP contribution >= 0.6 is 11.8 Å². The number of aliphatic carboxylic acids is 1. The van der Waals surface area contributed by atoms with E-state index in [1.165, 1.54) is 12.1 Å². The van der Waals surface area contributed by atoms with Gasteiger partial charge in [0.05, 0.1) is 4.90 Å². The summed E-state index contributed by atoms with van der Waals surface area (Å²) in [5.74, 6) is -0.739. The number of hydrogen-bond acceptors (Lipinski definition) is 6. The van der Waals surface area contributed by atoms with Gasteiger partial charge in [-0.2, -0.15) is 0 Å². The Morgan fingerprint density at radius 3 is 2.31 bits per heavy atom. The molecule has 0 amide bonds. The van der Waals surface area contributed by atoms with Crippen LogP contribution in [0.3, 0.4) is 0 Å². The fourth-order valence-electron chi connectivity index (χ4n) is 2.27. The zero-order chi connectivity index (χ0) is 18.7. The van der Waals surface area contributed by atoms with Crippen molar-refractivity contribution in [1.29, 1.82) is 0 Å². The molecule has 0 aliphatic rings. The second-order valence-electron chi connectivity index (χ2n) is 5.28. The second-order valence-corrected chi connectivity index (χ2v) is 7.76. The first-order chi connectivity index (χ1) is 12.3. The predicted octanol–water partition coefficient (Wildman–Crippen LogP) is 2.83. The van der Waals surface area contributed by atoms with E-state index in [-0.39, 0.29) is 15.9 Å². The quantitative estimate of drug-likeness (QED) is 0.620. The molecule has 0 saturated carbocycles. The summed E-state index contributed by atoms with van der Waals surface area (Å²) in [6, 6.07) is 15.2. The number of nitrogens with zero attached hydrogens (tertiary/aromatic N) is 1. The molecule has 0 fully saturated rings. The number of benzene rings is 2. The minimum Gasteiger partial charge on any atom is -0.481 e. The number of carbonyl (C=O) groups is 1. The Labute approximate surface area is 153 Å². The Hall–Kier alpha value is -2.62. The number of primary sulfonamides is 1. The van der Waals surface area contributed by atoms with Gasteiger partial charge in [-0.3, -0.25) is 4.79 Å². The molecule has 0 saturated heterocycles. The fraction of sp³-hybridized carbons (Fsp3) is 0.0588. The van der Waals surface area contributed by atoms with E-state index in [9.17, 15) is 13.2 Å². The molecule has 3 rings (SSSR count). The molecule has 134 valence electrons. The average molecular weight is 390 g/mol. The maximum absolute atomic E-state index is 11.4. The molecule has 0 radical (unpaired) electrons. The van der Waals surface area contributed by atoms with Gasteiger partial charge < -0.3 is 9.52 Å². The molecule has 2 aromatic carbocycles. The van der Waals surface area contributed by atoms with E-state index in [4.69, 9.17) is 14.7 Å². The molecule has 26 heavy (non-hydrogen) atoms. The topological polar surface area (TPSA) is 123 Å². The molecule has 0 atom stereocenters. The van der Waals surface area contributed by atoms with Crippen LogP contribution in [0, 0.1) is 0 Å². The highest BCUT2D eigenvalue weighted by atomic mass is 32.2. The number of rotatable bonds is 6. The molecular formula is C17H14N2O5S2. The van der Waals surface area contributed by atoms with Gasteiger partial charge in [0.15, 0.2) is 5.76 Å². The van der Waals surface area contributed by atoms with Crippen LogP contribution in [0.1, 0.15) is 0 Å². The maximum atomic E-state index is 11.4. The summed E-state index contributed by atoms with van der Waals surface area (Å²) in [4.78, 5) is 15.2. The van der Waals surface area contributed by atoms with Crippen LogP contribution in [0.5, 0.6) is 0 Å². The van der Waals surface area contributed by atoms with E-state index in [0.717, 1.165) is 17.3 Å². The summed E-state index contributed by atoms with van der Waals surface area (Å²) >= 11 is 0.967. The van der Waals surface area contributed by atoms with Crippen LogP contribution < -0.4 is 5.14 Å². The second kappa shape index (κ2) is 7.32. The van der Waals surface area contributed by atoms with Crippen molar-refractivity contribution in [2.45, 2.75) is 10.1 Å². The first-order valence-corrected chi connectivity index (χ1v) is 9.92. The molecule has 1 heterocycles. The van der Waals surface area contributed by atoms with Gasteiger partial charge in [0.2, 0.25) is 10.0 Å². The third-order valence-corrected chi connectivity index (χ3v) is 5.16. The Bertz CT molecular complexity index is 1030. The summed E-state index contributed by atoms with van der Waals surface area (Å²) in [6.07, 6.45) is 0. The minimum absolute atomic E-state index is 0.0116. The number of oxazole rings is 1. The van der Waals surface area contributed by atoms with Crippen molar-refractivity contribution in [1.82, 2.24) is 4.98 Å². The van der Waals surface area contributed by atoms with Crippen molar-refractivity contribution in [2.24, 2.45) is 5.14 Å². The SMILES string of the molecule is NS(=O)(=O)c1ccc(-c2oc(SCC(=O)O)nc2-c2ccccc2)cc1. The number of aromatic nitrogens is 1. The van der Waals surface area contributed by atoms with Gasteiger partial charge in [-0.1, -0.05) is 42.1 Å². The summed E-state index contributed by atoms with van der Waals surface area (Å²) in [6.45, 7) is 0. The summed E-state index contributed by atoms with van der Waals surface area (Å²) in [7, 11) is -3.79. The predicted molar refractivity (Wildman–Crippen MR) is 97.1 cm³/mol. The van der Waals surface area contributed by atoms with E-state index in [2.05, 4.69) is 4.98 Å². The average Bonchev–Trinajstić information content (AvgIpc) is 3.04. The molecule has 3 aromatic rings. The largest absolute Gasteiger partial charge is 0.481 e. The summed E-state index contributed by atoms with van der Waals surface area (Å²) < 4.78 is 28.5. The van der Waals surface area contributed by atoms with E-state index in [1.807, 2.05) is 30.3 Å². The number of hydrogen-bond donors (Lipinski definition) is 2. The van der Waals surface area contributed by atoms with E-state index >= 15 is 0 Å². The smallest absolute Gasteiger partial charge is 0.314 e. The number of nitrogens with two attached hydrogens (primary N) is 1. The molecule has 0 spiro atoms. The lowest BCUT2D eigenvalue weighted by Crippen LogP contribution is -2.11. The van der Waals surface area contributed by atoms with Crippen LogP contribution in [0.2, 0.25) is 0 Å². The van der Waals surface area contributed by atoms with Crippen molar-refractivity contribution >= 4 is 27.8 Å². The van der Waals surface area contributed by atoms with E-state index in [0.29, 0.717) is 17.0 Å². The van der Waals surface area contributed by atoms with Gasteiger partial charge >= 0.3 is 5.97 Å². The highest BCUT2D eigenvalue weighted by Crippen LogP contribution is 2.35. The van der Waals surface area contributed by atoms with Crippen molar-refractivity contribution in [3.63, 3.8) is 0 Å². The van der Waals surface area contributed by atoms with Gasteiger partial charge in [-0.25, -0.2) is 18.5 Å². The molecule has 7 nitrogen and oxygen atoms in total. The molecule has 9 heteroatoms. The molecule has 0 aliphatic carbocycles. The van der Waals surface area contributed by atoms with E-state index in [1.54, 1.807) is 12.1 Å². The molecule has 3 N–H and O–H groups in total. The van der Waals surface area contributed by atoms with Crippen molar-refractivity contribution in [3.05, 3.63) is 54.6 Å². The zero-order valence-corrected chi connectivity index (χ0v) is 15.0. The lowest BCUT2D eigenvalue weighted by atomic mass is 10.1. The minimum atomic E-state index is -3.79. The van der Waals surface area contributed by atoms with Crippen molar-refractivity contribution in [3.8, 4) is 22.6 Å². The Morgan fingerprint density at radius 1 is 1.08 bits per heavy atom. The maximum Gasteiger partial charge on any atom is 0.314 e. The molecule has 0 aliphatic heterocycles. The normalized spacial score (nSPS) is 11.4. The van der Waals surface area contributed by atoms with Gasteiger partial charge in [0.1, 0.15) is 11.4 Å². The third-order valence-electron chi connectivity index (χ3n) is 3.42. The van der Waals surface area contributed by atoms with Crippen LogP contribution in [0.4, 0.5) is 0 Å². The van der Waals surface area contributed by atoms with Crippen LogP contribution in [-0.4, -0.2) is 30.2 Å². The van der Waals surface area contributed by atoms with Crippen LogP contribution in [0.15, 0.2) is 69.1 Å². The lowest BCUT2D eigenvalue weighted by molar-refractivity contribution is -0.133. The first kappa shape index (κ1) is 18.2. The molecule has 0 bridgehead atoms. The van der Waals surface area contributed by atoms with Gasteiger partial charge in [-0.05, 0) is 24.3 Å². The summed E-state index contributed by atoms with van der Waals surface area (Å²) in [5, 5.41) is 14.2. The molecule has 0 unspecified atom stereocenters. The van der Waals surface area contributed by atoms with E-state index < -0.39 is 16.0 Å². The Morgan fingerprint density at radius 2 is 1.73 bits per heavy atom. The highest BCUT2D eigenvalue weighted by molar-refractivity contribution is 7.99. The monoisotopic (exact) mass is 390 g/mol. The lowest BCUT2D eigenvalue weighted by Gasteiger charge is -2.03. The molecular weight excluding hydrogens is 376 g/mol. The number of sulfonamides is 1. The van der Waals surface area contributed by atoms with Crippen LogP contribution in [0.25, 0.3) is 22.6 Å².